The van der Waals surface area contributed by atoms with Gasteiger partial charge in [0.15, 0.2) is 0 Å². The summed E-state index contributed by atoms with van der Waals surface area (Å²) in [7, 11) is 0. The Kier molecular flexibility index (Phi) is 9.81. The zero-order valence-corrected chi connectivity index (χ0v) is 12.8. The molecule has 0 bridgehead atoms. The van der Waals surface area contributed by atoms with Crippen LogP contribution in [0.5, 0.6) is 0 Å². The number of aliphatic hydroxyl groups excluding tert-OH is 1. The Labute approximate surface area is 135 Å². The predicted octanol–water partition coefficient (Wildman–Crippen LogP) is -1.07. The predicted molar refractivity (Wildman–Crippen MR) is 80.1 cm³/mol. The summed E-state index contributed by atoms with van der Waals surface area (Å²) in [6, 6.07) is 1.68. The number of thioether (sulfide) groups is 1. The number of nitrogens with zero attached hydrogens (tertiary/aromatic N) is 2. The average molecular weight is 350 g/mol. The largest absolute Gasteiger partial charge is 0.481 e. The van der Waals surface area contributed by atoms with E-state index in [9.17, 15) is 14.4 Å². The van der Waals surface area contributed by atoms with Gasteiger partial charge in [-0.15, -0.1) is 11.8 Å². The molecule has 130 valence electrons. The molecule has 2 rings (SSSR count). The summed E-state index contributed by atoms with van der Waals surface area (Å²) in [5.74, 6) is -1.49. The van der Waals surface area contributed by atoms with E-state index in [2.05, 4.69) is 4.98 Å². The average Bonchev–Trinajstić information content (AvgIpc) is 2.95. The van der Waals surface area contributed by atoms with E-state index < -0.39 is 11.9 Å². The van der Waals surface area contributed by atoms with Crippen LogP contribution in [0.2, 0.25) is 0 Å². The third-order valence-corrected chi connectivity index (χ3v) is 3.59. The Hall–Kier alpha value is -1.95. The molecule has 0 radical (unpaired) electrons. The molecule has 1 aromatic heterocycles. The number of hydrogen-bond acceptors (Lipinski definition) is 7. The first-order valence-corrected chi connectivity index (χ1v) is 7.33. The molecule has 1 aliphatic rings. The molecule has 11 heteroatoms. The summed E-state index contributed by atoms with van der Waals surface area (Å²) in [5.41, 5.74) is -0.552. The maximum absolute atomic E-state index is 11.3. The van der Waals surface area contributed by atoms with Gasteiger partial charge in [0, 0.05) is 18.1 Å². The molecule has 0 aliphatic carbocycles. The van der Waals surface area contributed by atoms with Crippen molar-refractivity contribution in [2.24, 2.45) is 0 Å². The van der Waals surface area contributed by atoms with E-state index in [-0.39, 0.29) is 42.3 Å². The number of ether oxygens (including phenoxy) is 1. The minimum Gasteiger partial charge on any atom is -0.481 e. The second-order valence-electron chi connectivity index (χ2n) is 4.13. The lowest BCUT2D eigenvalue weighted by Crippen LogP contribution is -2.27. The number of rotatable bonds is 5. The summed E-state index contributed by atoms with van der Waals surface area (Å²) in [6.07, 6.45) is 2.19. The van der Waals surface area contributed by atoms with Gasteiger partial charge in [0.2, 0.25) is 0 Å². The minimum atomic E-state index is -1.08. The molecule has 1 saturated heterocycles. The number of aliphatic hydroxyl groups is 1. The van der Waals surface area contributed by atoms with Gasteiger partial charge in [-0.3, -0.25) is 14.2 Å². The molecule has 0 spiro atoms. The van der Waals surface area contributed by atoms with Gasteiger partial charge in [-0.05, 0) is 6.07 Å². The topological polar surface area (TPSA) is 170 Å². The Morgan fingerprint density at radius 1 is 1.35 bits per heavy atom. The summed E-state index contributed by atoms with van der Waals surface area (Å²) in [6.45, 7) is -0.0316. The summed E-state index contributed by atoms with van der Waals surface area (Å²) < 4.78 is 6.85. The SMILES string of the molecule is O.O=C(O)CCC(=O)O.O=c1ncccn1[C@@H]1CS[C@H](CO)O1. The lowest BCUT2D eigenvalue weighted by atomic mass is 10.3. The fraction of sp³-hybridized carbons (Fsp3) is 0.500. The van der Waals surface area contributed by atoms with Crippen LogP contribution < -0.4 is 5.69 Å². The lowest BCUT2D eigenvalue weighted by Gasteiger charge is -2.12. The molecule has 1 fully saturated rings. The zero-order chi connectivity index (χ0) is 16.5. The first kappa shape index (κ1) is 21.0. The van der Waals surface area contributed by atoms with Crippen LogP contribution in [0.15, 0.2) is 23.3 Å². The van der Waals surface area contributed by atoms with E-state index in [0.717, 1.165) is 0 Å². The molecule has 1 aromatic rings. The van der Waals surface area contributed by atoms with Gasteiger partial charge in [-0.1, -0.05) is 0 Å². The Morgan fingerprint density at radius 2 is 1.96 bits per heavy atom. The highest BCUT2D eigenvalue weighted by Crippen LogP contribution is 2.30. The van der Waals surface area contributed by atoms with Crippen molar-refractivity contribution < 1.29 is 35.1 Å². The van der Waals surface area contributed by atoms with E-state index in [1.807, 2.05) is 0 Å². The van der Waals surface area contributed by atoms with Crippen molar-refractivity contribution in [3.63, 3.8) is 0 Å². The third kappa shape index (κ3) is 7.74. The number of carboxylic acid groups (broad SMARTS) is 2. The van der Waals surface area contributed by atoms with Crippen LogP contribution in [0.1, 0.15) is 19.1 Å². The van der Waals surface area contributed by atoms with Crippen LogP contribution in [-0.2, 0) is 14.3 Å². The maximum atomic E-state index is 11.3. The van der Waals surface area contributed by atoms with Crippen molar-refractivity contribution in [3.8, 4) is 0 Å². The normalized spacial score (nSPS) is 19.2. The first-order chi connectivity index (χ1) is 10.4. The minimum absolute atomic E-state index is 0. The monoisotopic (exact) mass is 350 g/mol. The molecule has 0 saturated carbocycles. The molecule has 10 nitrogen and oxygen atoms in total. The second-order valence-corrected chi connectivity index (χ2v) is 5.33. The molecule has 0 unspecified atom stereocenters. The Bertz CT molecular complexity index is 550. The van der Waals surface area contributed by atoms with Crippen LogP contribution in [0, 0.1) is 0 Å². The van der Waals surface area contributed by atoms with Gasteiger partial charge < -0.3 is 25.5 Å². The standard InChI is InChI=1S/C8H10N2O3S.C4H6O4.H2O/c11-4-7-13-6(5-14-7)10-3-1-2-9-8(10)12;5-3(6)1-2-4(7)8;/h1-3,6-7,11H,4-5H2;1-2H2,(H,5,6)(H,7,8);1H2/t6-,7+;;/m0../s1. The second kappa shape index (κ2) is 10.7. The maximum Gasteiger partial charge on any atom is 0.349 e. The Morgan fingerprint density at radius 3 is 2.39 bits per heavy atom. The van der Waals surface area contributed by atoms with Gasteiger partial charge in [0.25, 0.3) is 0 Å². The summed E-state index contributed by atoms with van der Waals surface area (Å²) in [4.78, 5) is 34.2. The molecular weight excluding hydrogens is 332 g/mol. The fourth-order valence-corrected chi connectivity index (χ4v) is 2.42. The van der Waals surface area contributed by atoms with Crippen molar-refractivity contribution in [1.82, 2.24) is 9.55 Å². The van der Waals surface area contributed by atoms with Gasteiger partial charge in [-0.25, -0.2) is 9.78 Å². The van der Waals surface area contributed by atoms with Crippen molar-refractivity contribution in [3.05, 3.63) is 28.9 Å². The highest BCUT2D eigenvalue weighted by atomic mass is 32.2. The van der Waals surface area contributed by atoms with Crippen molar-refractivity contribution in [2.45, 2.75) is 24.5 Å². The molecule has 2 atom stereocenters. The van der Waals surface area contributed by atoms with Crippen LogP contribution in [0.25, 0.3) is 0 Å². The summed E-state index contributed by atoms with van der Waals surface area (Å²) in [5, 5.41) is 24.6. The third-order valence-electron chi connectivity index (χ3n) is 2.48. The molecule has 2 heterocycles. The van der Waals surface area contributed by atoms with Gasteiger partial charge >= 0.3 is 17.6 Å². The van der Waals surface area contributed by atoms with E-state index >= 15 is 0 Å². The van der Waals surface area contributed by atoms with Crippen LogP contribution in [-0.4, -0.2) is 60.1 Å². The van der Waals surface area contributed by atoms with Gasteiger partial charge in [0.1, 0.15) is 11.7 Å². The molecule has 5 N–H and O–H groups in total. The quantitative estimate of drug-likeness (QED) is 0.598. The van der Waals surface area contributed by atoms with Crippen molar-refractivity contribution >= 4 is 23.7 Å². The Balaban J connectivity index is 0.000000469. The van der Waals surface area contributed by atoms with Crippen LogP contribution >= 0.6 is 11.8 Å². The fourth-order valence-electron chi connectivity index (χ4n) is 1.49. The van der Waals surface area contributed by atoms with Crippen LogP contribution in [0.3, 0.4) is 0 Å². The van der Waals surface area contributed by atoms with Gasteiger partial charge in [0.05, 0.1) is 19.4 Å². The van der Waals surface area contributed by atoms with E-state index in [1.165, 1.54) is 22.5 Å². The molecule has 0 aromatic carbocycles. The van der Waals surface area contributed by atoms with E-state index in [0.29, 0.717) is 5.75 Å². The van der Waals surface area contributed by atoms with Gasteiger partial charge in [-0.2, -0.15) is 0 Å². The molecule has 0 amide bonds. The van der Waals surface area contributed by atoms with Crippen molar-refractivity contribution in [1.29, 1.82) is 0 Å². The van der Waals surface area contributed by atoms with Crippen LogP contribution in [0.4, 0.5) is 0 Å². The van der Waals surface area contributed by atoms with Crippen molar-refractivity contribution in [2.75, 3.05) is 12.4 Å². The number of aromatic nitrogens is 2. The highest BCUT2D eigenvalue weighted by molar-refractivity contribution is 8.00. The number of carbonyl (C=O) groups is 2. The highest BCUT2D eigenvalue weighted by Gasteiger charge is 2.26. The zero-order valence-electron chi connectivity index (χ0n) is 12.0. The lowest BCUT2D eigenvalue weighted by molar-refractivity contribution is -0.143. The number of carboxylic acids is 2. The molecule has 23 heavy (non-hydrogen) atoms. The number of aliphatic carboxylic acids is 2. The smallest absolute Gasteiger partial charge is 0.349 e. The first-order valence-electron chi connectivity index (χ1n) is 6.28. The molecular formula is C12H18N2O8S. The van der Waals surface area contributed by atoms with E-state index in [4.69, 9.17) is 20.1 Å². The number of hydrogen-bond donors (Lipinski definition) is 3. The molecule has 1 aliphatic heterocycles. The van der Waals surface area contributed by atoms with E-state index in [1.54, 1.807) is 12.3 Å². The summed E-state index contributed by atoms with van der Waals surface area (Å²) >= 11 is 1.49.